The van der Waals surface area contributed by atoms with Crippen molar-refractivity contribution in [2.75, 3.05) is 26.1 Å². The highest BCUT2D eigenvalue weighted by atomic mass is 35.5. The molecule has 1 aliphatic rings. The van der Waals surface area contributed by atoms with Gasteiger partial charge in [0.25, 0.3) is 0 Å². The van der Waals surface area contributed by atoms with E-state index in [9.17, 15) is 13.2 Å². The van der Waals surface area contributed by atoms with Crippen LogP contribution in [-0.2, 0) is 14.8 Å². The Morgan fingerprint density at radius 3 is 2.15 bits per heavy atom. The molecule has 0 spiro atoms. The van der Waals surface area contributed by atoms with Crippen LogP contribution in [0.25, 0.3) is 0 Å². The normalized spacial score (nSPS) is 14.8. The number of ether oxygens (including phenoxy) is 2. The maximum absolute atomic E-state index is 13.9. The lowest BCUT2D eigenvalue weighted by Gasteiger charge is -2.34. The lowest BCUT2D eigenvalue weighted by atomic mass is 9.95. The van der Waals surface area contributed by atoms with Crippen LogP contribution in [0.2, 0.25) is 5.02 Å². The molecule has 0 radical (unpaired) electrons. The van der Waals surface area contributed by atoms with Gasteiger partial charge in [-0.25, -0.2) is 8.42 Å². The fraction of sp³-hybridized carbons (Fsp3) is 0.480. The number of carbonyl (C=O) groups is 1. The van der Waals surface area contributed by atoms with Crippen molar-refractivity contribution >= 4 is 33.2 Å². The first-order valence-corrected chi connectivity index (χ1v) is 13.2. The number of halogens is 1. The molecule has 34 heavy (non-hydrogen) atoms. The maximum Gasteiger partial charge on any atom is 0.244 e. The summed E-state index contributed by atoms with van der Waals surface area (Å²) in [6.07, 6.45) is 4.41. The molecule has 1 aliphatic carbocycles. The van der Waals surface area contributed by atoms with Gasteiger partial charge >= 0.3 is 0 Å². The SMILES string of the molecule is COc1cc(NC(=O)CN(C2CCCCC2)S(=O)(=O)c2c(C)cc(C)cc2C)c(OC)cc1Cl. The molecular formula is C25H33ClN2O5S. The number of nitrogens with one attached hydrogen (secondary N) is 1. The Bertz CT molecular complexity index is 1140. The van der Waals surface area contributed by atoms with Gasteiger partial charge < -0.3 is 14.8 Å². The first kappa shape index (κ1) is 26.3. The van der Waals surface area contributed by atoms with Crippen LogP contribution in [0.4, 0.5) is 5.69 Å². The summed E-state index contributed by atoms with van der Waals surface area (Å²) in [4.78, 5) is 13.5. The lowest BCUT2D eigenvalue weighted by molar-refractivity contribution is -0.116. The number of carbonyl (C=O) groups excluding carboxylic acids is 1. The molecule has 1 saturated carbocycles. The topological polar surface area (TPSA) is 84.9 Å². The highest BCUT2D eigenvalue weighted by molar-refractivity contribution is 7.89. The molecule has 0 bridgehead atoms. The lowest BCUT2D eigenvalue weighted by Crippen LogP contribution is -2.46. The van der Waals surface area contributed by atoms with Crippen molar-refractivity contribution in [3.8, 4) is 11.5 Å². The van der Waals surface area contributed by atoms with E-state index in [0.717, 1.165) is 37.7 Å². The minimum atomic E-state index is -3.91. The molecule has 0 atom stereocenters. The van der Waals surface area contributed by atoms with Gasteiger partial charge in [0.05, 0.1) is 36.4 Å². The number of amides is 1. The van der Waals surface area contributed by atoms with Gasteiger partial charge in [0.2, 0.25) is 15.9 Å². The molecule has 7 nitrogen and oxygen atoms in total. The van der Waals surface area contributed by atoms with Crippen LogP contribution < -0.4 is 14.8 Å². The summed E-state index contributed by atoms with van der Waals surface area (Å²) in [5, 5.41) is 3.13. The van der Waals surface area contributed by atoms with E-state index in [2.05, 4.69) is 5.32 Å². The quantitative estimate of drug-likeness (QED) is 0.526. The molecule has 0 aromatic heterocycles. The molecule has 2 aromatic rings. The Hall–Kier alpha value is -2.29. The summed E-state index contributed by atoms with van der Waals surface area (Å²) in [7, 11) is -0.963. The van der Waals surface area contributed by atoms with Crippen LogP contribution in [0.5, 0.6) is 11.5 Å². The van der Waals surface area contributed by atoms with Gasteiger partial charge in [-0.05, 0) is 44.7 Å². The molecule has 1 fully saturated rings. The van der Waals surface area contributed by atoms with Gasteiger partial charge in [-0.2, -0.15) is 4.31 Å². The largest absolute Gasteiger partial charge is 0.495 e. The van der Waals surface area contributed by atoms with E-state index in [4.69, 9.17) is 21.1 Å². The van der Waals surface area contributed by atoms with Crippen LogP contribution in [0.3, 0.4) is 0 Å². The van der Waals surface area contributed by atoms with Crippen LogP contribution in [0.1, 0.15) is 48.8 Å². The fourth-order valence-corrected chi connectivity index (χ4v) is 7.05. The first-order chi connectivity index (χ1) is 16.1. The molecular weight excluding hydrogens is 476 g/mol. The molecule has 3 rings (SSSR count). The Morgan fingerprint density at radius 2 is 1.59 bits per heavy atom. The number of aryl methyl sites for hydroxylation is 3. The molecule has 2 aromatic carbocycles. The van der Waals surface area contributed by atoms with Crippen molar-refractivity contribution in [2.24, 2.45) is 0 Å². The van der Waals surface area contributed by atoms with Crippen molar-refractivity contribution in [3.05, 3.63) is 46.0 Å². The number of sulfonamides is 1. The van der Waals surface area contributed by atoms with E-state index in [1.807, 2.05) is 19.1 Å². The summed E-state index contributed by atoms with van der Waals surface area (Å²) in [6.45, 7) is 5.25. The Morgan fingerprint density at radius 1 is 1.00 bits per heavy atom. The van der Waals surface area contributed by atoms with Gasteiger partial charge in [0.15, 0.2) is 0 Å². The third kappa shape index (κ3) is 5.67. The Labute approximate surface area is 207 Å². The van der Waals surface area contributed by atoms with Gasteiger partial charge in [-0.15, -0.1) is 0 Å². The predicted molar refractivity (Wildman–Crippen MR) is 135 cm³/mol. The number of hydrogen-bond acceptors (Lipinski definition) is 5. The van der Waals surface area contributed by atoms with E-state index in [0.29, 0.717) is 33.3 Å². The van der Waals surface area contributed by atoms with Crippen LogP contribution in [0.15, 0.2) is 29.2 Å². The molecule has 0 saturated heterocycles. The first-order valence-electron chi connectivity index (χ1n) is 11.4. The van der Waals surface area contributed by atoms with Crippen molar-refractivity contribution in [3.63, 3.8) is 0 Å². The van der Waals surface area contributed by atoms with E-state index in [1.54, 1.807) is 26.0 Å². The third-order valence-electron chi connectivity index (χ3n) is 6.20. The number of rotatable bonds is 8. The predicted octanol–water partition coefficient (Wildman–Crippen LogP) is 5.24. The minimum absolute atomic E-state index is 0.230. The summed E-state index contributed by atoms with van der Waals surface area (Å²) in [5.41, 5.74) is 2.72. The zero-order chi connectivity index (χ0) is 25.0. The van der Waals surface area contributed by atoms with E-state index >= 15 is 0 Å². The minimum Gasteiger partial charge on any atom is -0.495 e. The number of nitrogens with zero attached hydrogens (tertiary/aromatic N) is 1. The zero-order valence-corrected chi connectivity index (χ0v) is 22.0. The highest BCUT2D eigenvalue weighted by Crippen LogP contribution is 2.36. The monoisotopic (exact) mass is 508 g/mol. The number of hydrogen-bond donors (Lipinski definition) is 1. The van der Waals surface area contributed by atoms with Crippen molar-refractivity contribution in [1.29, 1.82) is 0 Å². The second-order valence-electron chi connectivity index (χ2n) is 8.81. The maximum atomic E-state index is 13.9. The summed E-state index contributed by atoms with van der Waals surface area (Å²) < 4.78 is 39.8. The Balaban J connectivity index is 1.96. The average Bonchev–Trinajstić information content (AvgIpc) is 2.77. The van der Waals surface area contributed by atoms with Crippen molar-refractivity contribution in [2.45, 2.75) is 63.8 Å². The van der Waals surface area contributed by atoms with Crippen LogP contribution in [-0.4, -0.2) is 45.4 Å². The van der Waals surface area contributed by atoms with Crippen molar-refractivity contribution < 1.29 is 22.7 Å². The number of anilines is 1. The molecule has 1 amide bonds. The second-order valence-corrected chi connectivity index (χ2v) is 11.0. The van der Waals surface area contributed by atoms with E-state index < -0.39 is 15.9 Å². The zero-order valence-electron chi connectivity index (χ0n) is 20.4. The molecule has 1 N–H and O–H groups in total. The van der Waals surface area contributed by atoms with Gasteiger partial charge in [-0.1, -0.05) is 48.6 Å². The van der Waals surface area contributed by atoms with E-state index in [-0.39, 0.29) is 17.5 Å². The molecule has 0 unspecified atom stereocenters. The van der Waals surface area contributed by atoms with Crippen molar-refractivity contribution in [1.82, 2.24) is 4.31 Å². The summed E-state index contributed by atoms with van der Waals surface area (Å²) in [5.74, 6) is 0.274. The average molecular weight is 509 g/mol. The molecule has 186 valence electrons. The van der Waals surface area contributed by atoms with Gasteiger partial charge in [0, 0.05) is 18.2 Å². The fourth-order valence-electron chi connectivity index (χ4n) is 4.76. The van der Waals surface area contributed by atoms with Crippen LogP contribution >= 0.6 is 11.6 Å². The van der Waals surface area contributed by atoms with Gasteiger partial charge in [-0.3, -0.25) is 4.79 Å². The number of benzene rings is 2. The summed E-state index contributed by atoms with van der Waals surface area (Å²) >= 11 is 6.17. The molecule has 0 aliphatic heterocycles. The molecule has 0 heterocycles. The second kappa shape index (κ2) is 11.0. The molecule has 9 heteroatoms. The third-order valence-corrected chi connectivity index (χ3v) is 8.70. The highest BCUT2D eigenvalue weighted by Gasteiger charge is 2.36. The Kier molecular flexibility index (Phi) is 8.49. The summed E-state index contributed by atoms with van der Waals surface area (Å²) in [6, 6.07) is 6.61. The van der Waals surface area contributed by atoms with Gasteiger partial charge in [0.1, 0.15) is 11.5 Å². The van der Waals surface area contributed by atoms with E-state index in [1.165, 1.54) is 18.5 Å². The van der Waals surface area contributed by atoms with Crippen LogP contribution in [0, 0.1) is 20.8 Å². The number of methoxy groups -OCH3 is 2. The standard InChI is InChI=1S/C25H33ClN2O5S/c1-16-11-17(2)25(18(3)12-16)34(30,31)28(19-9-7-6-8-10-19)15-24(29)27-21-14-22(32-4)20(26)13-23(21)33-5/h11-14,19H,6-10,15H2,1-5H3,(H,27,29). The smallest absolute Gasteiger partial charge is 0.244 e.